The third-order valence-corrected chi connectivity index (χ3v) is 5.37. The van der Waals surface area contributed by atoms with Crippen LogP contribution in [0.2, 0.25) is 0 Å². The molecule has 0 spiro atoms. The Labute approximate surface area is 192 Å². The standard InChI is InChI=1S/C25H26N6O2/c1-2-23(32)31-14-6-7-19(16-31)30-25-22(15-26)24(27-17-28-25)29-18-10-12-21(13-11-18)33-20-8-4-3-5-9-20/h2-5,8-13,15,17,19,26H,1,6-7,14,16H2,(H2,27,28,29,30). The van der Waals surface area contributed by atoms with Crippen LogP contribution in [-0.4, -0.2) is 46.1 Å². The average Bonchev–Trinajstić information content (AvgIpc) is 2.86. The van der Waals surface area contributed by atoms with Crippen LogP contribution in [0, 0.1) is 5.41 Å². The molecule has 0 aliphatic carbocycles. The molecule has 1 aromatic heterocycles. The molecular weight excluding hydrogens is 416 g/mol. The van der Waals surface area contributed by atoms with Gasteiger partial charge in [-0.2, -0.15) is 0 Å². The molecule has 1 atom stereocenters. The van der Waals surface area contributed by atoms with E-state index in [-0.39, 0.29) is 11.9 Å². The number of rotatable bonds is 8. The molecule has 3 aromatic rings. The Bertz CT molecular complexity index is 1120. The summed E-state index contributed by atoms with van der Waals surface area (Å²) in [5.74, 6) is 2.50. The number of carbonyl (C=O) groups excluding carboxylic acids is 1. The molecule has 168 valence electrons. The largest absolute Gasteiger partial charge is 0.457 e. The SMILES string of the molecule is C=CC(=O)N1CCCC(Nc2ncnc(Nc3ccc(Oc4ccccc4)cc3)c2C=N)C1. The highest BCUT2D eigenvalue weighted by atomic mass is 16.5. The van der Waals surface area contributed by atoms with Crippen molar-refractivity contribution in [2.45, 2.75) is 18.9 Å². The number of hydrogen-bond acceptors (Lipinski definition) is 7. The minimum atomic E-state index is -0.0708. The molecule has 1 saturated heterocycles. The number of benzene rings is 2. The summed E-state index contributed by atoms with van der Waals surface area (Å²) in [6.07, 6.45) is 5.83. The van der Waals surface area contributed by atoms with Crippen LogP contribution in [0.15, 0.2) is 73.6 Å². The van der Waals surface area contributed by atoms with Gasteiger partial charge in [0.1, 0.15) is 29.5 Å². The number of likely N-dealkylation sites (tertiary alicyclic amines) is 1. The van der Waals surface area contributed by atoms with E-state index in [4.69, 9.17) is 10.1 Å². The fourth-order valence-corrected chi connectivity index (χ4v) is 3.73. The molecule has 4 rings (SSSR count). The van der Waals surface area contributed by atoms with E-state index in [1.54, 1.807) is 4.90 Å². The zero-order valence-corrected chi connectivity index (χ0v) is 18.2. The molecule has 2 heterocycles. The van der Waals surface area contributed by atoms with E-state index in [0.717, 1.165) is 36.6 Å². The molecule has 0 bridgehead atoms. The lowest BCUT2D eigenvalue weighted by atomic mass is 10.1. The maximum atomic E-state index is 12.0. The van der Waals surface area contributed by atoms with E-state index < -0.39 is 0 Å². The van der Waals surface area contributed by atoms with Crippen molar-refractivity contribution < 1.29 is 9.53 Å². The Hall–Kier alpha value is -4.20. The first-order valence-corrected chi connectivity index (χ1v) is 10.8. The van der Waals surface area contributed by atoms with Crippen molar-refractivity contribution in [3.63, 3.8) is 0 Å². The van der Waals surface area contributed by atoms with Crippen LogP contribution in [0.3, 0.4) is 0 Å². The second-order valence-electron chi connectivity index (χ2n) is 7.67. The monoisotopic (exact) mass is 442 g/mol. The van der Waals surface area contributed by atoms with Crippen molar-refractivity contribution in [2.75, 3.05) is 23.7 Å². The summed E-state index contributed by atoms with van der Waals surface area (Å²) in [6.45, 7) is 4.86. The molecule has 1 aliphatic heterocycles. The third-order valence-electron chi connectivity index (χ3n) is 5.37. The number of para-hydroxylation sites is 1. The molecule has 0 radical (unpaired) electrons. The number of ether oxygens (including phenoxy) is 1. The van der Waals surface area contributed by atoms with Gasteiger partial charge in [-0.3, -0.25) is 4.79 Å². The molecule has 33 heavy (non-hydrogen) atoms. The quantitative estimate of drug-likeness (QED) is 0.348. The maximum absolute atomic E-state index is 12.0. The van der Waals surface area contributed by atoms with Gasteiger partial charge in [-0.1, -0.05) is 24.8 Å². The zero-order chi connectivity index (χ0) is 23.0. The Balaban J connectivity index is 1.45. The molecular formula is C25H26N6O2. The summed E-state index contributed by atoms with van der Waals surface area (Å²) in [4.78, 5) is 22.4. The highest BCUT2D eigenvalue weighted by molar-refractivity contribution is 5.92. The highest BCUT2D eigenvalue weighted by Gasteiger charge is 2.23. The predicted octanol–water partition coefficient (Wildman–Crippen LogP) is 4.60. The number of aromatic nitrogens is 2. The first kappa shape index (κ1) is 22.0. The van der Waals surface area contributed by atoms with Crippen LogP contribution in [0.25, 0.3) is 0 Å². The van der Waals surface area contributed by atoms with Crippen LogP contribution in [-0.2, 0) is 4.79 Å². The number of hydrogen-bond donors (Lipinski definition) is 3. The topological polar surface area (TPSA) is 103 Å². The van der Waals surface area contributed by atoms with Gasteiger partial charge in [-0.05, 0) is 55.3 Å². The van der Waals surface area contributed by atoms with E-state index in [9.17, 15) is 4.79 Å². The first-order valence-electron chi connectivity index (χ1n) is 10.8. The average molecular weight is 443 g/mol. The number of carbonyl (C=O) groups is 1. The van der Waals surface area contributed by atoms with Crippen molar-refractivity contribution in [2.24, 2.45) is 0 Å². The molecule has 1 aliphatic rings. The van der Waals surface area contributed by atoms with Crippen molar-refractivity contribution in [1.82, 2.24) is 14.9 Å². The molecule has 8 nitrogen and oxygen atoms in total. The van der Waals surface area contributed by atoms with Crippen molar-refractivity contribution in [1.29, 1.82) is 5.41 Å². The van der Waals surface area contributed by atoms with Gasteiger partial charge in [0.05, 0.1) is 5.56 Å². The van der Waals surface area contributed by atoms with Crippen molar-refractivity contribution in [3.05, 3.63) is 79.1 Å². The number of amides is 1. The van der Waals surface area contributed by atoms with E-state index >= 15 is 0 Å². The minimum absolute atomic E-state index is 0.0403. The Morgan fingerprint density at radius 2 is 1.82 bits per heavy atom. The summed E-state index contributed by atoms with van der Waals surface area (Å²) in [7, 11) is 0. The highest BCUT2D eigenvalue weighted by Crippen LogP contribution is 2.27. The summed E-state index contributed by atoms with van der Waals surface area (Å²) in [5.41, 5.74) is 1.36. The van der Waals surface area contributed by atoms with Gasteiger partial charge in [0.15, 0.2) is 0 Å². The lowest BCUT2D eigenvalue weighted by Gasteiger charge is -2.33. The smallest absolute Gasteiger partial charge is 0.246 e. The summed E-state index contributed by atoms with van der Waals surface area (Å²) >= 11 is 0. The Morgan fingerprint density at radius 3 is 2.55 bits per heavy atom. The first-order chi connectivity index (χ1) is 16.2. The summed E-state index contributed by atoms with van der Waals surface area (Å²) < 4.78 is 5.83. The van der Waals surface area contributed by atoms with Gasteiger partial charge in [-0.25, -0.2) is 9.97 Å². The molecule has 0 saturated carbocycles. The van der Waals surface area contributed by atoms with Gasteiger partial charge in [0.25, 0.3) is 0 Å². The van der Waals surface area contributed by atoms with Crippen LogP contribution < -0.4 is 15.4 Å². The van der Waals surface area contributed by atoms with Crippen molar-refractivity contribution in [3.8, 4) is 11.5 Å². The lowest BCUT2D eigenvalue weighted by Crippen LogP contribution is -2.44. The fourth-order valence-electron chi connectivity index (χ4n) is 3.73. The Kier molecular flexibility index (Phi) is 6.94. The minimum Gasteiger partial charge on any atom is -0.457 e. The molecule has 2 aromatic carbocycles. The third kappa shape index (κ3) is 5.54. The van der Waals surface area contributed by atoms with Gasteiger partial charge in [0.2, 0.25) is 5.91 Å². The van der Waals surface area contributed by atoms with Crippen LogP contribution >= 0.6 is 0 Å². The summed E-state index contributed by atoms with van der Waals surface area (Å²) in [6, 6.07) is 17.1. The van der Waals surface area contributed by atoms with Gasteiger partial charge in [-0.15, -0.1) is 0 Å². The second-order valence-corrected chi connectivity index (χ2v) is 7.67. The van der Waals surface area contributed by atoms with E-state index in [2.05, 4.69) is 27.2 Å². The molecule has 3 N–H and O–H groups in total. The predicted molar refractivity (Wildman–Crippen MR) is 130 cm³/mol. The molecule has 1 amide bonds. The van der Waals surface area contributed by atoms with E-state index in [0.29, 0.717) is 23.7 Å². The van der Waals surface area contributed by atoms with Crippen LogP contribution in [0.4, 0.5) is 17.3 Å². The zero-order valence-electron chi connectivity index (χ0n) is 18.2. The molecule has 1 fully saturated rings. The van der Waals surface area contributed by atoms with Gasteiger partial charge < -0.3 is 25.7 Å². The number of nitrogens with zero attached hydrogens (tertiary/aromatic N) is 3. The van der Waals surface area contributed by atoms with Crippen LogP contribution in [0.1, 0.15) is 18.4 Å². The number of piperidine rings is 1. The normalized spacial score (nSPS) is 15.4. The maximum Gasteiger partial charge on any atom is 0.246 e. The molecule has 8 heteroatoms. The lowest BCUT2D eigenvalue weighted by molar-refractivity contribution is -0.127. The van der Waals surface area contributed by atoms with Crippen molar-refractivity contribution >= 4 is 29.4 Å². The number of nitrogens with one attached hydrogen (secondary N) is 3. The van der Waals surface area contributed by atoms with E-state index in [1.165, 1.54) is 18.6 Å². The van der Waals surface area contributed by atoms with Gasteiger partial charge in [0, 0.05) is 31.0 Å². The second kappa shape index (κ2) is 10.4. The number of anilines is 3. The van der Waals surface area contributed by atoms with E-state index in [1.807, 2.05) is 54.6 Å². The van der Waals surface area contributed by atoms with Crippen LogP contribution in [0.5, 0.6) is 11.5 Å². The fraction of sp³-hybridized carbons (Fsp3) is 0.200. The van der Waals surface area contributed by atoms with Gasteiger partial charge >= 0.3 is 0 Å². The Morgan fingerprint density at radius 1 is 1.09 bits per heavy atom. The summed E-state index contributed by atoms with van der Waals surface area (Å²) in [5, 5.41) is 14.6. The molecule has 1 unspecified atom stereocenters.